The predicted octanol–water partition coefficient (Wildman–Crippen LogP) is 2.17. The van der Waals surface area contributed by atoms with E-state index < -0.39 is 0 Å². The van der Waals surface area contributed by atoms with Crippen LogP contribution in [-0.2, 0) is 13.5 Å². The van der Waals surface area contributed by atoms with Crippen molar-refractivity contribution >= 4 is 5.69 Å². The van der Waals surface area contributed by atoms with Gasteiger partial charge >= 0.3 is 0 Å². The highest BCUT2D eigenvalue weighted by molar-refractivity contribution is 5.53. The molecule has 0 saturated heterocycles. The molecule has 4 heteroatoms. The van der Waals surface area contributed by atoms with E-state index >= 15 is 0 Å². The fraction of sp³-hybridized carbons (Fsp3) is 0.667. The Bertz CT molecular complexity index is 495. The smallest absolute Gasteiger partial charge is 0.102 e. The number of aryl methyl sites for hydroxylation is 1. The number of hydrogen-bond acceptors (Lipinski definition) is 3. The summed E-state index contributed by atoms with van der Waals surface area (Å²) in [6, 6.07) is 0. The third-order valence-corrected chi connectivity index (χ3v) is 4.27. The Balaban J connectivity index is 1.93. The molecular weight excluding hydrogens is 236 g/mol. The molecule has 19 heavy (non-hydrogen) atoms. The standard InChI is InChI=1S/C15H24N4/c1-15(2,3)19-10-6-8-14(19)18-9-5-7-12-13(18)11-16-17(12)4/h6,8,11,14H,5,7,9-10H2,1-4H3. The molecule has 0 spiro atoms. The van der Waals surface area contributed by atoms with E-state index in [1.807, 2.05) is 17.9 Å². The molecule has 1 aromatic heterocycles. The number of hydrogen-bond donors (Lipinski definition) is 0. The molecule has 0 amide bonds. The third-order valence-electron chi connectivity index (χ3n) is 4.27. The van der Waals surface area contributed by atoms with Crippen LogP contribution in [0.2, 0.25) is 0 Å². The van der Waals surface area contributed by atoms with E-state index in [1.165, 1.54) is 17.8 Å². The van der Waals surface area contributed by atoms with Gasteiger partial charge in [0.2, 0.25) is 0 Å². The van der Waals surface area contributed by atoms with E-state index in [-0.39, 0.29) is 5.54 Å². The van der Waals surface area contributed by atoms with Gasteiger partial charge in [-0.15, -0.1) is 0 Å². The van der Waals surface area contributed by atoms with Gasteiger partial charge in [0.25, 0.3) is 0 Å². The Hall–Kier alpha value is -1.29. The summed E-state index contributed by atoms with van der Waals surface area (Å²) < 4.78 is 2.03. The van der Waals surface area contributed by atoms with E-state index in [0.717, 1.165) is 19.5 Å². The average Bonchev–Trinajstić information content (AvgIpc) is 2.95. The van der Waals surface area contributed by atoms with Crippen molar-refractivity contribution in [1.82, 2.24) is 14.7 Å². The summed E-state index contributed by atoms with van der Waals surface area (Å²) >= 11 is 0. The molecule has 1 atom stereocenters. The van der Waals surface area contributed by atoms with Crippen molar-refractivity contribution in [2.45, 2.75) is 45.3 Å². The first-order valence-electron chi connectivity index (χ1n) is 7.19. The minimum Gasteiger partial charge on any atom is -0.349 e. The quantitative estimate of drug-likeness (QED) is 0.723. The predicted molar refractivity (Wildman–Crippen MR) is 78.3 cm³/mol. The summed E-state index contributed by atoms with van der Waals surface area (Å²) in [5.74, 6) is 0. The van der Waals surface area contributed by atoms with Gasteiger partial charge in [0.15, 0.2) is 0 Å². The number of nitrogens with zero attached hydrogens (tertiary/aromatic N) is 4. The number of rotatable bonds is 1. The second-order valence-corrected chi connectivity index (χ2v) is 6.56. The van der Waals surface area contributed by atoms with Gasteiger partial charge < -0.3 is 4.90 Å². The van der Waals surface area contributed by atoms with Crippen LogP contribution in [0.15, 0.2) is 18.3 Å². The third kappa shape index (κ3) is 2.08. The molecule has 4 nitrogen and oxygen atoms in total. The maximum absolute atomic E-state index is 4.44. The normalized spacial score (nSPS) is 24.0. The average molecular weight is 260 g/mol. The van der Waals surface area contributed by atoms with Crippen molar-refractivity contribution in [2.75, 3.05) is 18.0 Å². The Morgan fingerprint density at radius 1 is 1.32 bits per heavy atom. The topological polar surface area (TPSA) is 24.3 Å². The Kier molecular flexibility index (Phi) is 2.93. The summed E-state index contributed by atoms with van der Waals surface area (Å²) in [5, 5.41) is 4.44. The monoisotopic (exact) mass is 260 g/mol. The summed E-state index contributed by atoms with van der Waals surface area (Å²) in [5.41, 5.74) is 2.88. The van der Waals surface area contributed by atoms with Crippen LogP contribution in [0.25, 0.3) is 0 Å². The second kappa shape index (κ2) is 4.37. The Morgan fingerprint density at radius 2 is 2.11 bits per heavy atom. The first kappa shape index (κ1) is 12.7. The molecule has 0 aliphatic carbocycles. The van der Waals surface area contributed by atoms with Crippen LogP contribution in [0, 0.1) is 0 Å². The van der Waals surface area contributed by atoms with Gasteiger partial charge in [-0.05, 0) is 33.6 Å². The first-order valence-corrected chi connectivity index (χ1v) is 7.19. The summed E-state index contributed by atoms with van der Waals surface area (Å²) in [4.78, 5) is 5.07. The second-order valence-electron chi connectivity index (χ2n) is 6.56. The molecule has 2 aliphatic rings. The van der Waals surface area contributed by atoms with Crippen LogP contribution >= 0.6 is 0 Å². The van der Waals surface area contributed by atoms with Gasteiger partial charge in [-0.25, -0.2) is 0 Å². The van der Waals surface area contributed by atoms with Gasteiger partial charge in [-0.1, -0.05) is 12.2 Å². The van der Waals surface area contributed by atoms with Crippen LogP contribution in [0.1, 0.15) is 32.9 Å². The van der Waals surface area contributed by atoms with Crippen LogP contribution in [0.3, 0.4) is 0 Å². The van der Waals surface area contributed by atoms with E-state index in [2.05, 4.69) is 47.8 Å². The minimum atomic E-state index is 0.188. The lowest BCUT2D eigenvalue weighted by Crippen LogP contribution is -2.54. The molecule has 0 bridgehead atoms. The molecule has 3 heterocycles. The molecule has 0 aromatic carbocycles. The van der Waals surface area contributed by atoms with Gasteiger partial charge in [0.05, 0.1) is 17.6 Å². The molecule has 1 aromatic rings. The van der Waals surface area contributed by atoms with Gasteiger partial charge in [0.1, 0.15) is 6.17 Å². The lowest BCUT2D eigenvalue weighted by Gasteiger charge is -2.44. The summed E-state index contributed by atoms with van der Waals surface area (Å²) in [6.45, 7) is 9.05. The fourth-order valence-corrected chi connectivity index (χ4v) is 3.24. The largest absolute Gasteiger partial charge is 0.349 e. The Morgan fingerprint density at radius 3 is 2.84 bits per heavy atom. The van der Waals surface area contributed by atoms with Gasteiger partial charge in [-0.2, -0.15) is 5.10 Å². The highest BCUT2D eigenvalue weighted by Crippen LogP contribution is 2.33. The SMILES string of the molecule is Cn1ncc2c1CCCN2C1C=CCN1C(C)(C)C. The molecule has 2 aliphatic heterocycles. The first-order chi connectivity index (χ1) is 8.98. The van der Waals surface area contributed by atoms with Crippen LogP contribution in [0.5, 0.6) is 0 Å². The van der Waals surface area contributed by atoms with E-state index in [0.29, 0.717) is 6.17 Å². The van der Waals surface area contributed by atoms with E-state index in [9.17, 15) is 0 Å². The zero-order chi connectivity index (χ0) is 13.6. The highest BCUT2D eigenvalue weighted by Gasteiger charge is 2.35. The van der Waals surface area contributed by atoms with Crippen LogP contribution < -0.4 is 4.90 Å². The minimum absolute atomic E-state index is 0.188. The van der Waals surface area contributed by atoms with Crippen molar-refractivity contribution in [2.24, 2.45) is 7.05 Å². The molecule has 3 rings (SSSR count). The van der Waals surface area contributed by atoms with Crippen molar-refractivity contribution < 1.29 is 0 Å². The number of fused-ring (bicyclic) bond motifs is 1. The van der Waals surface area contributed by atoms with Gasteiger partial charge in [-0.3, -0.25) is 9.58 Å². The molecule has 0 radical (unpaired) electrons. The molecular formula is C15H24N4. The number of anilines is 1. The molecule has 0 saturated carbocycles. The zero-order valence-electron chi connectivity index (χ0n) is 12.4. The summed E-state index contributed by atoms with van der Waals surface area (Å²) in [7, 11) is 2.05. The lowest BCUT2D eigenvalue weighted by molar-refractivity contribution is 0.129. The maximum atomic E-state index is 4.44. The zero-order valence-corrected chi connectivity index (χ0v) is 12.4. The van der Waals surface area contributed by atoms with Crippen molar-refractivity contribution in [3.63, 3.8) is 0 Å². The van der Waals surface area contributed by atoms with Crippen LogP contribution in [0.4, 0.5) is 5.69 Å². The fourth-order valence-electron chi connectivity index (χ4n) is 3.24. The molecule has 104 valence electrons. The van der Waals surface area contributed by atoms with E-state index in [1.54, 1.807) is 0 Å². The van der Waals surface area contributed by atoms with E-state index in [4.69, 9.17) is 0 Å². The lowest BCUT2D eigenvalue weighted by atomic mass is 10.0. The van der Waals surface area contributed by atoms with Crippen molar-refractivity contribution in [3.05, 3.63) is 24.0 Å². The number of aromatic nitrogens is 2. The molecule has 1 unspecified atom stereocenters. The Labute approximate surface area is 115 Å². The highest BCUT2D eigenvalue weighted by atomic mass is 15.4. The van der Waals surface area contributed by atoms with Crippen molar-refractivity contribution in [3.8, 4) is 0 Å². The molecule has 0 N–H and O–H groups in total. The maximum Gasteiger partial charge on any atom is 0.102 e. The molecule has 0 fully saturated rings. The van der Waals surface area contributed by atoms with Gasteiger partial charge in [0, 0.05) is 25.7 Å². The summed E-state index contributed by atoms with van der Waals surface area (Å²) in [6.07, 6.45) is 9.40. The van der Waals surface area contributed by atoms with Crippen LogP contribution in [-0.4, -0.2) is 39.5 Å². The van der Waals surface area contributed by atoms with Crippen molar-refractivity contribution in [1.29, 1.82) is 0 Å².